The average Bonchev–Trinajstić information content (AvgIpc) is 2.17. The Morgan fingerprint density at radius 2 is 2.43 bits per heavy atom. The molecule has 0 bridgehead atoms. The number of amides is 1. The van der Waals surface area contributed by atoms with Gasteiger partial charge < -0.3 is 4.90 Å². The molecule has 0 atom stereocenters. The van der Waals surface area contributed by atoms with Crippen LogP contribution in [-0.2, 0) is 0 Å². The number of hydrogen-bond acceptors (Lipinski definition) is 2. The largest absolute Gasteiger partial charge is 0.329 e. The van der Waals surface area contributed by atoms with E-state index in [2.05, 4.69) is 26.8 Å². The van der Waals surface area contributed by atoms with Gasteiger partial charge in [-0.3, -0.25) is 4.79 Å². The van der Waals surface area contributed by atoms with Crippen molar-refractivity contribution >= 4 is 21.8 Å². The van der Waals surface area contributed by atoms with Crippen molar-refractivity contribution in [2.24, 2.45) is 0 Å². The zero-order valence-corrected chi connectivity index (χ0v) is 9.28. The first-order chi connectivity index (χ1) is 6.65. The number of hydrogen-bond donors (Lipinski definition) is 0. The fourth-order valence-corrected chi connectivity index (χ4v) is 1.28. The molecular formula is C10H9BrN2O. The van der Waals surface area contributed by atoms with Gasteiger partial charge in [0, 0.05) is 7.05 Å². The van der Waals surface area contributed by atoms with Gasteiger partial charge in [-0.1, -0.05) is 12.0 Å². The second-order valence-electron chi connectivity index (χ2n) is 2.71. The molecule has 0 radical (unpaired) electrons. The summed E-state index contributed by atoms with van der Waals surface area (Å²) in [7, 11) is 1.64. The SMILES string of the molecule is C#CCN(C)C(=O)c1cccc(Br)n1. The third-order valence-electron chi connectivity index (χ3n) is 1.61. The second-order valence-corrected chi connectivity index (χ2v) is 3.52. The lowest BCUT2D eigenvalue weighted by atomic mass is 10.3. The van der Waals surface area contributed by atoms with Crippen LogP contribution in [0.5, 0.6) is 0 Å². The fraction of sp³-hybridized carbons (Fsp3) is 0.200. The maximum atomic E-state index is 11.6. The Labute approximate surface area is 91.3 Å². The molecule has 4 heteroatoms. The summed E-state index contributed by atoms with van der Waals surface area (Å²) in [6.07, 6.45) is 5.10. The zero-order valence-electron chi connectivity index (χ0n) is 7.70. The molecule has 0 N–H and O–H groups in total. The average molecular weight is 253 g/mol. The van der Waals surface area contributed by atoms with Crippen LogP contribution in [0.15, 0.2) is 22.8 Å². The van der Waals surface area contributed by atoms with Crippen molar-refractivity contribution in [3.63, 3.8) is 0 Å². The molecule has 1 rings (SSSR count). The Morgan fingerprint density at radius 1 is 1.71 bits per heavy atom. The quantitative estimate of drug-likeness (QED) is 0.591. The Balaban J connectivity index is 2.85. The number of carbonyl (C=O) groups excluding carboxylic acids is 1. The molecule has 72 valence electrons. The van der Waals surface area contributed by atoms with Crippen LogP contribution in [0.2, 0.25) is 0 Å². The van der Waals surface area contributed by atoms with E-state index >= 15 is 0 Å². The van der Waals surface area contributed by atoms with E-state index in [1.807, 2.05) is 0 Å². The van der Waals surface area contributed by atoms with Crippen molar-refractivity contribution in [3.8, 4) is 12.3 Å². The monoisotopic (exact) mass is 252 g/mol. The van der Waals surface area contributed by atoms with Crippen LogP contribution in [0.4, 0.5) is 0 Å². The normalized spacial score (nSPS) is 9.21. The van der Waals surface area contributed by atoms with Crippen LogP contribution in [0.1, 0.15) is 10.5 Å². The summed E-state index contributed by atoms with van der Waals surface area (Å²) in [5.41, 5.74) is 0.386. The molecule has 0 saturated heterocycles. The summed E-state index contributed by atoms with van der Waals surface area (Å²) in [6.45, 7) is 0.285. The Kier molecular flexibility index (Phi) is 3.66. The lowest BCUT2D eigenvalue weighted by Gasteiger charge is -2.12. The van der Waals surface area contributed by atoms with Crippen LogP contribution in [0.3, 0.4) is 0 Å². The van der Waals surface area contributed by atoms with E-state index < -0.39 is 0 Å². The zero-order chi connectivity index (χ0) is 10.6. The first kappa shape index (κ1) is 10.7. The molecular weight excluding hydrogens is 244 g/mol. The molecule has 14 heavy (non-hydrogen) atoms. The molecule has 0 aromatic carbocycles. The Morgan fingerprint density at radius 3 is 3.00 bits per heavy atom. The summed E-state index contributed by atoms with van der Waals surface area (Å²) in [5.74, 6) is 2.22. The van der Waals surface area contributed by atoms with Crippen LogP contribution >= 0.6 is 15.9 Å². The van der Waals surface area contributed by atoms with E-state index in [-0.39, 0.29) is 12.5 Å². The van der Waals surface area contributed by atoms with Gasteiger partial charge in [0.25, 0.3) is 5.91 Å². The van der Waals surface area contributed by atoms with Gasteiger partial charge in [-0.15, -0.1) is 6.42 Å². The van der Waals surface area contributed by atoms with Gasteiger partial charge in [0.05, 0.1) is 6.54 Å². The molecule has 0 saturated carbocycles. The number of rotatable bonds is 2. The van der Waals surface area contributed by atoms with Gasteiger partial charge in [-0.05, 0) is 28.1 Å². The topological polar surface area (TPSA) is 33.2 Å². The molecule has 1 aromatic rings. The molecule has 0 aliphatic rings. The van der Waals surface area contributed by atoms with Gasteiger partial charge in [0.15, 0.2) is 0 Å². The molecule has 1 heterocycles. The summed E-state index contributed by atoms with van der Waals surface area (Å²) in [6, 6.07) is 5.17. The van der Waals surface area contributed by atoms with Crippen molar-refractivity contribution in [2.75, 3.05) is 13.6 Å². The molecule has 1 amide bonds. The van der Waals surface area contributed by atoms with E-state index in [1.165, 1.54) is 4.90 Å². The van der Waals surface area contributed by atoms with Gasteiger partial charge >= 0.3 is 0 Å². The Bertz CT molecular complexity index is 384. The Hall–Kier alpha value is -1.34. The summed E-state index contributed by atoms with van der Waals surface area (Å²) in [5, 5.41) is 0. The number of pyridine rings is 1. The number of aromatic nitrogens is 1. The van der Waals surface area contributed by atoms with Crippen molar-refractivity contribution < 1.29 is 4.79 Å². The minimum atomic E-state index is -0.177. The summed E-state index contributed by atoms with van der Waals surface area (Å²) in [4.78, 5) is 17.1. The smallest absolute Gasteiger partial charge is 0.273 e. The molecule has 0 fully saturated rings. The van der Waals surface area contributed by atoms with Crippen LogP contribution < -0.4 is 0 Å². The van der Waals surface area contributed by atoms with E-state index in [9.17, 15) is 4.79 Å². The molecule has 0 spiro atoms. The van der Waals surface area contributed by atoms with Gasteiger partial charge in [-0.25, -0.2) is 4.98 Å². The predicted octanol–water partition coefficient (Wildman–Crippen LogP) is 1.55. The first-order valence-corrected chi connectivity index (χ1v) is 4.76. The predicted molar refractivity (Wildman–Crippen MR) is 57.7 cm³/mol. The third kappa shape index (κ3) is 2.57. The fourth-order valence-electron chi connectivity index (χ4n) is 0.932. The standard InChI is InChI=1S/C10H9BrN2O/c1-3-7-13(2)10(14)8-5-4-6-9(11)12-8/h1,4-6H,7H2,2H3. The summed E-state index contributed by atoms with van der Waals surface area (Å²) >= 11 is 3.20. The van der Waals surface area contributed by atoms with Crippen LogP contribution in [-0.4, -0.2) is 29.4 Å². The van der Waals surface area contributed by atoms with E-state index in [0.717, 1.165) is 0 Å². The van der Waals surface area contributed by atoms with Crippen LogP contribution in [0.25, 0.3) is 0 Å². The van der Waals surface area contributed by atoms with Crippen molar-refractivity contribution in [1.82, 2.24) is 9.88 Å². The second kappa shape index (κ2) is 4.77. The molecule has 1 aromatic heterocycles. The minimum Gasteiger partial charge on any atom is -0.329 e. The van der Waals surface area contributed by atoms with Crippen molar-refractivity contribution in [2.45, 2.75) is 0 Å². The number of terminal acetylenes is 1. The van der Waals surface area contributed by atoms with Gasteiger partial charge in [0.2, 0.25) is 0 Å². The lowest BCUT2D eigenvalue weighted by molar-refractivity contribution is 0.0806. The maximum absolute atomic E-state index is 11.6. The highest BCUT2D eigenvalue weighted by Crippen LogP contribution is 2.07. The van der Waals surface area contributed by atoms with Gasteiger partial charge in [-0.2, -0.15) is 0 Å². The molecule has 0 aliphatic heterocycles. The number of carbonyl (C=O) groups is 1. The third-order valence-corrected chi connectivity index (χ3v) is 2.05. The highest BCUT2D eigenvalue weighted by atomic mass is 79.9. The van der Waals surface area contributed by atoms with Gasteiger partial charge in [0.1, 0.15) is 10.3 Å². The van der Waals surface area contributed by atoms with E-state index in [4.69, 9.17) is 6.42 Å². The summed E-state index contributed by atoms with van der Waals surface area (Å²) < 4.78 is 0.637. The molecule has 0 unspecified atom stereocenters. The molecule has 0 aliphatic carbocycles. The lowest BCUT2D eigenvalue weighted by Crippen LogP contribution is -2.27. The highest BCUT2D eigenvalue weighted by molar-refractivity contribution is 9.10. The minimum absolute atomic E-state index is 0.177. The van der Waals surface area contributed by atoms with Crippen molar-refractivity contribution in [1.29, 1.82) is 0 Å². The van der Waals surface area contributed by atoms with Crippen LogP contribution in [0, 0.1) is 12.3 Å². The highest BCUT2D eigenvalue weighted by Gasteiger charge is 2.11. The van der Waals surface area contributed by atoms with Crippen molar-refractivity contribution in [3.05, 3.63) is 28.5 Å². The number of nitrogens with zero attached hydrogens (tertiary/aromatic N) is 2. The molecule has 3 nitrogen and oxygen atoms in total. The van der Waals surface area contributed by atoms with E-state index in [1.54, 1.807) is 25.2 Å². The van der Waals surface area contributed by atoms with E-state index in [0.29, 0.717) is 10.3 Å². The maximum Gasteiger partial charge on any atom is 0.273 e. The first-order valence-electron chi connectivity index (χ1n) is 3.96. The number of halogens is 1.